The third-order valence-corrected chi connectivity index (χ3v) is 8.92. The van der Waals surface area contributed by atoms with Crippen molar-refractivity contribution in [3.8, 4) is 0 Å². The number of thiophene rings is 1. The summed E-state index contributed by atoms with van der Waals surface area (Å²) in [4.78, 5) is 0. The van der Waals surface area contributed by atoms with E-state index in [2.05, 4.69) is 5.32 Å². The summed E-state index contributed by atoms with van der Waals surface area (Å²) in [5.41, 5.74) is 0.474. The van der Waals surface area contributed by atoms with Crippen LogP contribution in [0.3, 0.4) is 0 Å². The van der Waals surface area contributed by atoms with Gasteiger partial charge in [0.1, 0.15) is 8.42 Å². The van der Waals surface area contributed by atoms with Crippen molar-refractivity contribution < 1.29 is 21.6 Å². The van der Waals surface area contributed by atoms with Crippen molar-refractivity contribution in [2.75, 3.05) is 26.7 Å². The second-order valence-electron chi connectivity index (χ2n) is 5.66. The molecule has 1 aliphatic heterocycles. The number of nitrogens with one attached hydrogen (secondary N) is 1. The van der Waals surface area contributed by atoms with Gasteiger partial charge in [-0.25, -0.2) is 22.0 Å². The summed E-state index contributed by atoms with van der Waals surface area (Å²) >= 11 is 0.709. The van der Waals surface area contributed by atoms with Gasteiger partial charge in [-0.15, -0.1) is 23.7 Å². The summed E-state index contributed by atoms with van der Waals surface area (Å²) < 4.78 is 55.3. The Bertz CT molecular complexity index is 794. The summed E-state index contributed by atoms with van der Waals surface area (Å²) in [6, 6.07) is 1.10. The standard InChI is InChI=1S/C13H23N3O5S3.ClH/c1-4-15-11-8-16(6-5-9(2)21-3)24(19,20)13-10(11)7-12(22-13)23(14,17)18;/h7,9,11,15H,4-6,8H2,1-3H3,(H2,14,17,18);1H/t9?,11-;/m0./s1. The van der Waals surface area contributed by atoms with Crippen molar-refractivity contribution in [2.24, 2.45) is 5.14 Å². The minimum absolute atomic E-state index is 0. The topological polar surface area (TPSA) is 119 Å². The number of hydrogen-bond acceptors (Lipinski definition) is 7. The fourth-order valence-corrected chi connectivity index (χ4v) is 6.83. The van der Waals surface area contributed by atoms with E-state index in [9.17, 15) is 16.8 Å². The molecule has 0 fully saturated rings. The predicted octanol–water partition coefficient (Wildman–Crippen LogP) is 0.897. The molecule has 0 amide bonds. The molecule has 8 nitrogen and oxygen atoms in total. The van der Waals surface area contributed by atoms with Crippen LogP contribution in [0.15, 0.2) is 14.5 Å². The van der Waals surface area contributed by atoms with Crippen LogP contribution >= 0.6 is 23.7 Å². The number of primary sulfonamides is 1. The lowest BCUT2D eigenvalue weighted by Gasteiger charge is -2.32. The molecule has 0 radical (unpaired) electrons. The monoisotopic (exact) mass is 433 g/mol. The molecule has 0 aliphatic carbocycles. The van der Waals surface area contributed by atoms with Gasteiger partial charge in [0.05, 0.1) is 6.10 Å². The number of hydrogen-bond donors (Lipinski definition) is 2. The summed E-state index contributed by atoms with van der Waals surface area (Å²) in [5.74, 6) is 0. The van der Waals surface area contributed by atoms with E-state index >= 15 is 0 Å². The molecule has 25 heavy (non-hydrogen) atoms. The summed E-state index contributed by atoms with van der Waals surface area (Å²) in [7, 11) is -6.11. The number of rotatable bonds is 7. The lowest BCUT2D eigenvalue weighted by molar-refractivity contribution is 0.105. The highest BCUT2D eigenvalue weighted by Gasteiger charge is 2.39. The first-order valence-electron chi connectivity index (χ1n) is 7.54. The largest absolute Gasteiger partial charge is 0.382 e. The summed E-state index contributed by atoms with van der Waals surface area (Å²) in [6.07, 6.45) is 0.486. The maximum atomic E-state index is 12.8. The van der Waals surface area contributed by atoms with Crippen LogP contribution in [0, 0.1) is 0 Å². The Morgan fingerprint density at radius 3 is 2.68 bits per heavy atom. The van der Waals surface area contributed by atoms with Crippen molar-refractivity contribution in [3.63, 3.8) is 0 Å². The molecule has 1 aromatic heterocycles. The molecule has 12 heteroatoms. The Hall–Kier alpha value is -0.270. The van der Waals surface area contributed by atoms with Crippen molar-refractivity contribution in [1.82, 2.24) is 9.62 Å². The molecule has 0 saturated carbocycles. The van der Waals surface area contributed by atoms with Gasteiger partial charge < -0.3 is 10.1 Å². The third kappa shape index (κ3) is 4.92. The summed E-state index contributed by atoms with van der Waals surface area (Å²) in [6.45, 7) is 4.97. The molecule has 146 valence electrons. The van der Waals surface area contributed by atoms with Crippen LogP contribution in [0.5, 0.6) is 0 Å². The van der Waals surface area contributed by atoms with E-state index in [4.69, 9.17) is 9.88 Å². The number of sulfonamides is 2. The Morgan fingerprint density at radius 1 is 1.52 bits per heavy atom. The minimum atomic E-state index is -3.94. The molecule has 1 aliphatic rings. The van der Waals surface area contributed by atoms with Gasteiger partial charge in [-0.05, 0) is 26.0 Å². The molecule has 1 unspecified atom stereocenters. The van der Waals surface area contributed by atoms with Crippen LogP contribution < -0.4 is 10.5 Å². The molecule has 0 aromatic carbocycles. The highest BCUT2D eigenvalue weighted by atomic mass is 35.5. The maximum Gasteiger partial charge on any atom is 0.252 e. The molecule has 3 N–H and O–H groups in total. The zero-order valence-electron chi connectivity index (χ0n) is 14.3. The molecule has 2 heterocycles. The zero-order valence-corrected chi connectivity index (χ0v) is 17.5. The first-order valence-corrected chi connectivity index (χ1v) is 11.3. The van der Waals surface area contributed by atoms with Gasteiger partial charge in [-0.3, -0.25) is 0 Å². The quantitative estimate of drug-likeness (QED) is 0.659. The van der Waals surface area contributed by atoms with Gasteiger partial charge in [0, 0.05) is 31.8 Å². The number of halogens is 1. The number of nitrogens with zero attached hydrogens (tertiary/aromatic N) is 1. The predicted molar refractivity (Wildman–Crippen MR) is 99.2 cm³/mol. The molecule has 2 rings (SSSR count). The Kier molecular flexibility index (Phi) is 7.84. The highest BCUT2D eigenvalue weighted by molar-refractivity contribution is 7.94. The maximum absolute atomic E-state index is 12.8. The van der Waals surface area contributed by atoms with Crippen molar-refractivity contribution in [1.29, 1.82) is 0 Å². The van der Waals surface area contributed by atoms with Crippen LogP contribution in [-0.4, -0.2) is 54.0 Å². The van der Waals surface area contributed by atoms with Gasteiger partial charge in [0.25, 0.3) is 10.0 Å². The smallest absolute Gasteiger partial charge is 0.252 e. The normalized spacial score (nSPS) is 21.4. The Labute approximate surface area is 159 Å². The zero-order chi connectivity index (χ0) is 18.1. The van der Waals surface area contributed by atoms with Gasteiger partial charge in [-0.1, -0.05) is 6.92 Å². The average molecular weight is 434 g/mol. The molecule has 0 spiro atoms. The van der Waals surface area contributed by atoms with Crippen LogP contribution in [0.25, 0.3) is 0 Å². The van der Waals surface area contributed by atoms with Crippen LogP contribution in [0.2, 0.25) is 0 Å². The SMILES string of the molecule is CCN[C@H]1CN(CCC(C)OC)S(=O)(=O)c2sc(S(N)(=O)=O)cc21.Cl. The number of ether oxygens (including phenoxy) is 1. The van der Waals surface area contributed by atoms with Crippen LogP contribution in [0.1, 0.15) is 31.9 Å². The first-order chi connectivity index (χ1) is 11.1. The molecule has 0 bridgehead atoms. The number of likely N-dealkylation sites (N-methyl/N-ethyl adjacent to an activating group) is 1. The van der Waals surface area contributed by atoms with Crippen LogP contribution in [-0.2, 0) is 24.8 Å². The van der Waals surface area contributed by atoms with Gasteiger partial charge in [-0.2, -0.15) is 4.31 Å². The lowest BCUT2D eigenvalue weighted by Crippen LogP contribution is -2.44. The first kappa shape index (κ1) is 22.8. The average Bonchev–Trinajstić information content (AvgIpc) is 2.95. The summed E-state index contributed by atoms with van der Waals surface area (Å²) in [5, 5.41) is 8.37. The number of nitrogens with two attached hydrogens (primary N) is 1. The van der Waals surface area contributed by atoms with Crippen LogP contribution in [0.4, 0.5) is 0 Å². The fourth-order valence-electron chi connectivity index (χ4n) is 2.54. The van der Waals surface area contributed by atoms with Gasteiger partial charge >= 0.3 is 0 Å². The molecule has 1 aromatic rings. The third-order valence-electron chi connectivity index (χ3n) is 3.96. The second-order valence-corrected chi connectivity index (χ2v) is 10.6. The van der Waals surface area contributed by atoms with Crippen molar-refractivity contribution in [2.45, 2.75) is 40.8 Å². The van der Waals surface area contributed by atoms with E-state index in [0.29, 0.717) is 36.4 Å². The van der Waals surface area contributed by atoms with E-state index in [1.165, 1.54) is 10.4 Å². The second kappa shape index (κ2) is 8.61. The Morgan fingerprint density at radius 2 is 2.16 bits per heavy atom. The number of fused-ring (bicyclic) bond motifs is 1. The van der Waals surface area contributed by atoms with E-state index in [1.807, 2.05) is 13.8 Å². The lowest BCUT2D eigenvalue weighted by atomic mass is 10.1. The highest BCUT2D eigenvalue weighted by Crippen LogP contribution is 2.39. The Balaban J connectivity index is 0.00000312. The van der Waals surface area contributed by atoms with Gasteiger partial charge in [0.15, 0.2) is 0 Å². The molecule has 2 atom stereocenters. The van der Waals surface area contributed by atoms with E-state index < -0.39 is 20.0 Å². The molecular weight excluding hydrogens is 410 g/mol. The van der Waals surface area contributed by atoms with E-state index in [-0.39, 0.29) is 39.5 Å². The molecule has 0 saturated heterocycles. The van der Waals surface area contributed by atoms with Crippen molar-refractivity contribution >= 4 is 43.8 Å². The van der Waals surface area contributed by atoms with E-state index in [1.54, 1.807) is 7.11 Å². The fraction of sp³-hybridized carbons (Fsp3) is 0.692. The number of methoxy groups -OCH3 is 1. The molecular formula is C13H24ClN3O5S3. The van der Waals surface area contributed by atoms with Gasteiger partial charge in [0.2, 0.25) is 10.0 Å². The minimum Gasteiger partial charge on any atom is -0.382 e. The van der Waals surface area contributed by atoms with Crippen molar-refractivity contribution in [3.05, 3.63) is 11.6 Å². The van der Waals surface area contributed by atoms with E-state index in [0.717, 1.165) is 0 Å².